The first-order valence-electron chi connectivity index (χ1n) is 13.2. The number of hydrogen-bond acceptors (Lipinski definition) is 8. The predicted molar refractivity (Wildman–Crippen MR) is 145 cm³/mol. The SMILES string of the molecule is CNC(=O)C1=C(OC)C2CC3C(=C(Cc4ccc(F)cc4)C=N2)OC(CN2CCN(S(C)(=O)=O)CC2)CN3C1=O. The molecule has 13 heteroatoms. The third kappa shape index (κ3) is 5.63. The van der Waals surface area contributed by atoms with Gasteiger partial charge in [0.15, 0.2) is 0 Å². The average Bonchev–Trinajstić information content (AvgIpc) is 3.17. The Kier molecular flexibility index (Phi) is 7.98. The first-order chi connectivity index (χ1) is 19.1. The number of hydrogen-bond donors (Lipinski definition) is 1. The van der Waals surface area contributed by atoms with Crippen LogP contribution in [0.15, 0.2) is 51.9 Å². The molecule has 4 aliphatic heterocycles. The van der Waals surface area contributed by atoms with Gasteiger partial charge in [0.1, 0.15) is 35.1 Å². The van der Waals surface area contributed by atoms with Crippen molar-refractivity contribution in [3.63, 3.8) is 0 Å². The Balaban J connectivity index is 1.50. The van der Waals surface area contributed by atoms with Crippen LogP contribution in [0.4, 0.5) is 4.39 Å². The number of aliphatic imine (C=N–C) groups is 1. The molecule has 4 aliphatic rings. The molecule has 40 heavy (non-hydrogen) atoms. The number of allylic oxidation sites excluding steroid dienone is 1. The number of benzene rings is 1. The van der Waals surface area contributed by atoms with E-state index in [2.05, 4.69) is 10.2 Å². The Labute approximate surface area is 233 Å². The molecule has 216 valence electrons. The summed E-state index contributed by atoms with van der Waals surface area (Å²) >= 11 is 0. The summed E-state index contributed by atoms with van der Waals surface area (Å²) < 4.78 is 51.1. The molecule has 2 saturated heterocycles. The van der Waals surface area contributed by atoms with Crippen molar-refractivity contribution in [1.82, 2.24) is 19.4 Å². The zero-order chi connectivity index (χ0) is 28.6. The van der Waals surface area contributed by atoms with Crippen molar-refractivity contribution in [3.05, 3.63) is 58.3 Å². The Bertz CT molecular complexity index is 1370. The molecule has 11 nitrogen and oxygen atoms in total. The van der Waals surface area contributed by atoms with Crippen molar-refractivity contribution in [2.24, 2.45) is 4.99 Å². The number of likely N-dealkylation sites (N-methyl/N-ethyl adjacent to an activating group) is 1. The smallest absolute Gasteiger partial charge is 0.263 e. The number of carbonyl (C=O) groups is 2. The second-order valence-corrected chi connectivity index (χ2v) is 12.4. The maximum absolute atomic E-state index is 13.9. The minimum atomic E-state index is -3.26. The van der Waals surface area contributed by atoms with E-state index in [1.165, 1.54) is 36.9 Å². The highest BCUT2D eigenvalue weighted by Crippen LogP contribution is 2.37. The summed E-state index contributed by atoms with van der Waals surface area (Å²) in [5.74, 6) is -0.508. The number of methoxy groups -OCH3 is 1. The van der Waals surface area contributed by atoms with Gasteiger partial charge in [-0.1, -0.05) is 12.1 Å². The highest BCUT2D eigenvalue weighted by Gasteiger charge is 2.47. The van der Waals surface area contributed by atoms with Crippen LogP contribution in [0.5, 0.6) is 0 Å². The van der Waals surface area contributed by atoms with E-state index < -0.39 is 40.0 Å². The maximum Gasteiger partial charge on any atom is 0.263 e. The summed E-state index contributed by atoms with van der Waals surface area (Å²) in [5.41, 5.74) is 1.56. The van der Waals surface area contributed by atoms with E-state index in [-0.39, 0.29) is 23.7 Å². The van der Waals surface area contributed by atoms with Crippen molar-refractivity contribution in [2.45, 2.75) is 31.0 Å². The molecule has 0 aliphatic carbocycles. The van der Waals surface area contributed by atoms with Gasteiger partial charge in [-0.05, 0) is 17.7 Å². The number of sulfonamides is 1. The largest absolute Gasteiger partial charge is 0.498 e. The first-order valence-corrected chi connectivity index (χ1v) is 15.1. The molecule has 0 radical (unpaired) electrons. The fourth-order valence-electron chi connectivity index (χ4n) is 5.79. The summed E-state index contributed by atoms with van der Waals surface area (Å²) in [6.07, 6.45) is 3.29. The van der Waals surface area contributed by atoms with Crippen LogP contribution in [0.2, 0.25) is 0 Å². The molecule has 4 heterocycles. The van der Waals surface area contributed by atoms with Crippen molar-refractivity contribution < 1.29 is 31.9 Å². The zero-order valence-electron chi connectivity index (χ0n) is 22.8. The van der Waals surface area contributed by atoms with Crippen LogP contribution in [-0.2, 0) is 35.5 Å². The van der Waals surface area contributed by atoms with Crippen LogP contribution in [-0.4, -0.2) is 118 Å². The van der Waals surface area contributed by atoms with E-state index in [4.69, 9.17) is 14.5 Å². The van der Waals surface area contributed by atoms with Gasteiger partial charge in [0.05, 0.1) is 26.0 Å². The van der Waals surface area contributed by atoms with Gasteiger partial charge < -0.3 is 19.7 Å². The normalized spacial score (nSPS) is 25.9. The summed E-state index contributed by atoms with van der Waals surface area (Å²) in [6.45, 7) is 2.54. The molecule has 0 spiro atoms. The zero-order valence-corrected chi connectivity index (χ0v) is 23.6. The van der Waals surface area contributed by atoms with Crippen LogP contribution >= 0.6 is 0 Å². The minimum absolute atomic E-state index is 0.0709. The standard InChI is InChI=1S/C27H34FN5O6S/c1-29-26(34)23-25(38-2)21-13-22-24(18(14-30-21)12-17-4-6-19(28)7-5-17)39-20(16-33(22)27(23)35)15-31-8-10-32(11-9-31)40(3,36)37/h4-7,14,20-22H,8-13,15-16H2,1-3H3,(H,29,34). The van der Waals surface area contributed by atoms with E-state index in [1.807, 2.05) is 0 Å². The van der Waals surface area contributed by atoms with Gasteiger partial charge in [0.2, 0.25) is 10.0 Å². The average molecular weight is 576 g/mol. The number of nitrogens with one attached hydrogen (secondary N) is 1. The van der Waals surface area contributed by atoms with Crippen molar-refractivity contribution >= 4 is 28.1 Å². The number of morpholine rings is 1. The number of rotatable bonds is 7. The number of amides is 2. The molecule has 2 bridgehead atoms. The second-order valence-electron chi connectivity index (χ2n) is 10.4. The van der Waals surface area contributed by atoms with E-state index >= 15 is 0 Å². The molecule has 1 aromatic rings. The molecule has 0 saturated carbocycles. The van der Waals surface area contributed by atoms with Gasteiger partial charge in [0, 0.05) is 64.4 Å². The van der Waals surface area contributed by atoms with E-state index in [0.717, 1.165) is 11.1 Å². The molecular weight excluding hydrogens is 541 g/mol. The Hall–Kier alpha value is -3.29. The fraction of sp³-hybridized carbons (Fsp3) is 0.519. The lowest BCUT2D eigenvalue weighted by Gasteiger charge is -2.43. The summed E-state index contributed by atoms with van der Waals surface area (Å²) in [7, 11) is -0.368. The lowest BCUT2D eigenvalue weighted by Crippen LogP contribution is -2.56. The summed E-state index contributed by atoms with van der Waals surface area (Å²) in [6, 6.07) is 5.16. The lowest BCUT2D eigenvalue weighted by molar-refractivity contribution is -0.138. The van der Waals surface area contributed by atoms with Crippen LogP contribution in [0.1, 0.15) is 12.0 Å². The third-order valence-electron chi connectivity index (χ3n) is 7.81. The van der Waals surface area contributed by atoms with Gasteiger partial charge >= 0.3 is 0 Å². The van der Waals surface area contributed by atoms with Gasteiger partial charge in [-0.2, -0.15) is 4.31 Å². The van der Waals surface area contributed by atoms with E-state index in [9.17, 15) is 22.4 Å². The van der Waals surface area contributed by atoms with Crippen LogP contribution in [0, 0.1) is 5.82 Å². The van der Waals surface area contributed by atoms with Crippen LogP contribution in [0.3, 0.4) is 0 Å². The maximum atomic E-state index is 13.9. The Morgan fingerprint density at radius 1 is 1.20 bits per heavy atom. The molecular formula is C27H34FN5O6S. The highest BCUT2D eigenvalue weighted by atomic mass is 32.2. The van der Waals surface area contributed by atoms with E-state index in [0.29, 0.717) is 51.3 Å². The predicted octanol–water partition coefficient (Wildman–Crippen LogP) is 0.299. The molecule has 1 N–H and O–H groups in total. The molecule has 3 unspecified atom stereocenters. The quantitative estimate of drug-likeness (QED) is 0.465. The minimum Gasteiger partial charge on any atom is -0.498 e. The van der Waals surface area contributed by atoms with E-state index in [1.54, 1.807) is 23.2 Å². The topological polar surface area (TPSA) is 121 Å². The van der Waals surface area contributed by atoms with Crippen LogP contribution in [0.25, 0.3) is 0 Å². The highest BCUT2D eigenvalue weighted by molar-refractivity contribution is 7.88. The molecule has 0 aromatic heterocycles. The third-order valence-corrected chi connectivity index (χ3v) is 9.12. The molecule has 1 aromatic carbocycles. The van der Waals surface area contributed by atoms with Crippen molar-refractivity contribution in [1.29, 1.82) is 0 Å². The Morgan fingerprint density at radius 2 is 1.90 bits per heavy atom. The van der Waals surface area contributed by atoms with Gasteiger partial charge in [-0.15, -0.1) is 0 Å². The van der Waals surface area contributed by atoms with Gasteiger partial charge in [0.25, 0.3) is 11.8 Å². The summed E-state index contributed by atoms with van der Waals surface area (Å²) in [5, 5.41) is 2.55. The van der Waals surface area contributed by atoms with Gasteiger partial charge in [-0.3, -0.25) is 19.5 Å². The number of nitrogens with zero attached hydrogens (tertiary/aromatic N) is 4. The number of fused-ring (bicyclic) bond motifs is 1. The number of carbonyl (C=O) groups excluding carboxylic acids is 2. The molecule has 5 rings (SSSR count). The summed E-state index contributed by atoms with van der Waals surface area (Å²) in [4.78, 5) is 35.4. The molecule has 2 fully saturated rings. The van der Waals surface area contributed by atoms with Crippen LogP contribution < -0.4 is 5.32 Å². The number of ether oxygens (including phenoxy) is 2. The number of piperazine rings is 1. The van der Waals surface area contributed by atoms with Gasteiger partial charge in [-0.25, -0.2) is 12.8 Å². The van der Waals surface area contributed by atoms with Crippen molar-refractivity contribution in [2.75, 3.05) is 59.7 Å². The fourth-order valence-corrected chi connectivity index (χ4v) is 6.62. The number of halogens is 1. The first kappa shape index (κ1) is 28.2. The van der Waals surface area contributed by atoms with Crippen molar-refractivity contribution in [3.8, 4) is 0 Å². The lowest BCUT2D eigenvalue weighted by atomic mass is 9.97. The Morgan fingerprint density at radius 3 is 2.52 bits per heavy atom. The molecule has 2 amide bonds. The second kappa shape index (κ2) is 11.3. The monoisotopic (exact) mass is 575 g/mol. The molecule has 3 atom stereocenters.